The van der Waals surface area contributed by atoms with Gasteiger partial charge < -0.3 is 4.90 Å². The predicted octanol–water partition coefficient (Wildman–Crippen LogP) is 0.116. The van der Waals surface area contributed by atoms with Gasteiger partial charge in [-0.15, -0.1) is 0 Å². The van der Waals surface area contributed by atoms with Gasteiger partial charge in [0.05, 0.1) is 0 Å². The first-order chi connectivity index (χ1) is 3.79. The second-order valence-corrected chi connectivity index (χ2v) is 2.15. The molecule has 1 aliphatic rings. The zero-order valence-electron chi connectivity index (χ0n) is 5.33. The van der Waals surface area contributed by atoms with Crippen LogP contribution in [0.2, 0.25) is 0 Å². The molecule has 0 spiro atoms. The summed E-state index contributed by atoms with van der Waals surface area (Å²) in [5.74, 6) is 0. The molecule has 0 saturated carbocycles. The zero-order chi connectivity index (χ0) is 5.98. The van der Waals surface area contributed by atoms with E-state index in [4.69, 9.17) is 0 Å². The normalized spacial score (nSPS) is 18.8. The van der Waals surface area contributed by atoms with Gasteiger partial charge in [0.1, 0.15) is 7.05 Å². The van der Waals surface area contributed by atoms with Gasteiger partial charge in [-0.2, -0.15) is 0 Å². The molecule has 1 heterocycles. The summed E-state index contributed by atoms with van der Waals surface area (Å²) in [5.41, 5.74) is 0. The Bertz CT molecular complexity index is 135. The van der Waals surface area contributed by atoms with E-state index < -0.39 is 0 Å². The van der Waals surface area contributed by atoms with E-state index in [0.29, 0.717) is 0 Å². The third kappa shape index (κ3) is 1.09. The van der Waals surface area contributed by atoms with Crippen molar-refractivity contribution < 1.29 is 4.58 Å². The molecule has 2 nitrogen and oxygen atoms in total. The Kier molecular flexibility index (Phi) is 1.33. The molecule has 0 atom stereocenters. The van der Waals surface area contributed by atoms with Crippen molar-refractivity contribution in [3.8, 4) is 0 Å². The van der Waals surface area contributed by atoms with E-state index in [1.54, 1.807) is 0 Å². The average molecular weight is 111 g/mol. The summed E-state index contributed by atoms with van der Waals surface area (Å²) in [6, 6.07) is 0. The van der Waals surface area contributed by atoms with Crippen LogP contribution in [0.3, 0.4) is 0 Å². The van der Waals surface area contributed by atoms with E-state index in [-0.39, 0.29) is 0 Å². The van der Waals surface area contributed by atoms with E-state index in [9.17, 15) is 0 Å². The van der Waals surface area contributed by atoms with Gasteiger partial charge in [0, 0.05) is 19.3 Å². The van der Waals surface area contributed by atoms with Gasteiger partial charge >= 0.3 is 0 Å². The molecule has 0 N–H and O–H groups in total. The summed E-state index contributed by atoms with van der Waals surface area (Å²) >= 11 is 0. The Morgan fingerprint density at radius 3 is 2.75 bits per heavy atom. The highest BCUT2D eigenvalue weighted by molar-refractivity contribution is 5.66. The topological polar surface area (TPSA) is 6.25 Å². The lowest BCUT2D eigenvalue weighted by atomic mass is 10.5. The first kappa shape index (κ1) is 5.35. The molecule has 0 unspecified atom stereocenters. The van der Waals surface area contributed by atoms with Crippen LogP contribution in [-0.4, -0.2) is 36.5 Å². The van der Waals surface area contributed by atoms with E-state index in [1.807, 2.05) is 6.08 Å². The molecule has 44 valence electrons. The van der Waals surface area contributed by atoms with Crippen LogP contribution in [0.25, 0.3) is 0 Å². The van der Waals surface area contributed by atoms with Gasteiger partial charge in [-0.3, -0.25) is 0 Å². The number of nitrogens with zero attached hydrogens (tertiary/aromatic N) is 2. The third-order valence-corrected chi connectivity index (χ3v) is 1.13. The molecular formula is C6H11N2+. The lowest BCUT2D eigenvalue weighted by molar-refractivity contribution is -0.512. The Hall–Kier alpha value is -0.790. The maximum absolute atomic E-state index is 2.12. The molecule has 0 fully saturated rings. The quantitative estimate of drug-likeness (QED) is 0.402. The molecule has 0 amide bonds. The van der Waals surface area contributed by atoms with Crippen LogP contribution in [0.4, 0.5) is 0 Å². The minimum atomic E-state index is 0.997. The summed E-state index contributed by atoms with van der Waals surface area (Å²) in [4.78, 5) is 2.12. The van der Waals surface area contributed by atoms with E-state index in [0.717, 1.165) is 6.67 Å². The fourth-order valence-corrected chi connectivity index (χ4v) is 0.778. The van der Waals surface area contributed by atoms with Crippen LogP contribution in [0.5, 0.6) is 0 Å². The van der Waals surface area contributed by atoms with Crippen LogP contribution in [0.1, 0.15) is 0 Å². The zero-order valence-corrected chi connectivity index (χ0v) is 5.33. The van der Waals surface area contributed by atoms with E-state index in [2.05, 4.69) is 36.0 Å². The minimum Gasteiger partial charge on any atom is -0.327 e. The van der Waals surface area contributed by atoms with Crippen LogP contribution in [0, 0.1) is 0 Å². The molecule has 1 aliphatic heterocycles. The van der Waals surface area contributed by atoms with Gasteiger partial charge in [0.2, 0.25) is 6.67 Å². The summed E-state index contributed by atoms with van der Waals surface area (Å²) in [6.07, 6.45) is 6.14. The van der Waals surface area contributed by atoms with E-state index >= 15 is 0 Å². The van der Waals surface area contributed by atoms with Crippen molar-refractivity contribution in [2.45, 2.75) is 0 Å². The largest absolute Gasteiger partial charge is 0.327 e. The summed E-state index contributed by atoms with van der Waals surface area (Å²) in [6.45, 7) is 0.997. The molecule has 0 aromatic rings. The molecular weight excluding hydrogens is 100 g/mol. The van der Waals surface area contributed by atoms with Gasteiger partial charge in [0.25, 0.3) is 0 Å². The minimum absolute atomic E-state index is 0.997. The number of rotatable bonds is 0. The fraction of sp³-hybridized carbons (Fsp3) is 0.500. The smallest absolute Gasteiger partial charge is 0.217 e. The molecule has 0 bridgehead atoms. The van der Waals surface area contributed by atoms with Crippen molar-refractivity contribution in [2.75, 3.05) is 20.8 Å². The van der Waals surface area contributed by atoms with Crippen molar-refractivity contribution in [3.63, 3.8) is 0 Å². The Labute approximate surface area is 49.7 Å². The third-order valence-electron chi connectivity index (χ3n) is 1.13. The fourth-order valence-electron chi connectivity index (χ4n) is 0.778. The second-order valence-electron chi connectivity index (χ2n) is 2.15. The van der Waals surface area contributed by atoms with Crippen LogP contribution in [-0.2, 0) is 0 Å². The molecule has 0 radical (unpaired) electrons. The van der Waals surface area contributed by atoms with Gasteiger partial charge in [-0.1, -0.05) is 0 Å². The van der Waals surface area contributed by atoms with Crippen molar-refractivity contribution in [1.29, 1.82) is 0 Å². The number of allylic oxidation sites excluding steroid dienone is 1. The second kappa shape index (κ2) is 1.99. The maximum Gasteiger partial charge on any atom is 0.217 e. The average Bonchev–Trinajstić information content (AvgIpc) is 1.64. The summed E-state index contributed by atoms with van der Waals surface area (Å²) in [7, 11) is 4.11. The Morgan fingerprint density at radius 2 is 2.38 bits per heavy atom. The molecule has 0 saturated heterocycles. The summed E-state index contributed by atoms with van der Waals surface area (Å²) < 4.78 is 2.12. The Morgan fingerprint density at radius 1 is 1.62 bits per heavy atom. The van der Waals surface area contributed by atoms with Crippen molar-refractivity contribution in [2.24, 2.45) is 0 Å². The highest BCUT2D eigenvalue weighted by atomic mass is 15.2. The standard InChI is InChI=1S/C6H11N2/c1-7-4-3-5-8(2)6-7/h3-5H,6H2,1-2H3/q+1. The molecule has 1 rings (SSSR count). The SMILES string of the molecule is CN1C=CC=[N+](C)C1. The maximum atomic E-state index is 2.12. The van der Waals surface area contributed by atoms with Gasteiger partial charge in [0.15, 0.2) is 6.21 Å². The number of hydrogen-bond acceptors (Lipinski definition) is 1. The lowest BCUT2D eigenvalue weighted by Crippen LogP contribution is -2.25. The monoisotopic (exact) mass is 111 g/mol. The molecule has 8 heavy (non-hydrogen) atoms. The molecule has 2 heteroatoms. The van der Waals surface area contributed by atoms with Gasteiger partial charge in [-0.05, 0) is 0 Å². The van der Waals surface area contributed by atoms with Crippen LogP contribution in [0.15, 0.2) is 12.3 Å². The van der Waals surface area contributed by atoms with Crippen LogP contribution < -0.4 is 0 Å². The van der Waals surface area contributed by atoms with Crippen molar-refractivity contribution in [3.05, 3.63) is 12.3 Å². The highest BCUT2D eigenvalue weighted by Gasteiger charge is 2.00. The molecule has 0 aromatic heterocycles. The predicted molar refractivity (Wildman–Crippen MR) is 34.0 cm³/mol. The van der Waals surface area contributed by atoms with Crippen molar-refractivity contribution in [1.82, 2.24) is 4.90 Å². The first-order valence-corrected chi connectivity index (χ1v) is 2.71. The molecule has 0 aliphatic carbocycles. The van der Waals surface area contributed by atoms with Crippen molar-refractivity contribution >= 4 is 6.21 Å². The highest BCUT2D eigenvalue weighted by Crippen LogP contribution is 1.87. The Balaban J connectivity index is 2.59. The van der Waals surface area contributed by atoms with Gasteiger partial charge in [-0.25, -0.2) is 4.58 Å². The van der Waals surface area contributed by atoms with Crippen LogP contribution >= 0.6 is 0 Å². The first-order valence-electron chi connectivity index (χ1n) is 2.71. The lowest BCUT2D eigenvalue weighted by Gasteiger charge is -2.11. The number of hydrogen-bond donors (Lipinski definition) is 0. The summed E-state index contributed by atoms with van der Waals surface area (Å²) in [5, 5.41) is 0. The van der Waals surface area contributed by atoms with E-state index in [1.165, 1.54) is 0 Å². The molecule has 0 aromatic carbocycles.